The molecular formula is C33H36IN3O6. The molecule has 0 radical (unpaired) electrons. The summed E-state index contributed by atoms with van der Waals surface area (Å²) >= 11 is 2.22. The summed E-state index contributed by atoms with van der Waals surface area (Å²) in [5, 5.41) is 24.4. The van der Waals surface area contributed by atoms with Crippen molar-refractivity contribution < 1.29 is 24.4 Å². The summed E-state index contributed by atoms with van der Waals surface area (Å²) in [5.74, 6) is 0.373. The highest BCUT2D eigenvalue weighted by atomic mass is 127. The fourth-order valence-corrected chi connectivity index (χ4v) is 7.51. The van der Waals surface area contributed by atoms with E-state index in [1.807, 2.05) is 47.4 Å². The molecule has 1 aliphatic heterocycles. The molecule has 3 aromatic rings. The van der Waals surface area contributed by atoms with Crippen LogP contribution in [0.2, 0.25) is 0 Å². The Hall–Kier alpha value is -3.51. The van der Waals surface area contributed by atoms with E-state index in [0.29, 0.717) is 18.5 Å². The van der Waals surface area contributed by atoms with Crippen molar-refractivity contribution in [2.45, 2.75) is 69.1 Å². The Balaban J connectivity index is 1.59. The van der Waals surface area contributed by atoms with Crippen LogP contribution in [0.15, 0.2) is 66.7 Å². The summed E-state index contributed by atoms with van der Waals surface area (Å²) in [7, 11) is 1.61. The molecule has 0 unspecified atom stereocenters. The lowest BCUT2D eigenvalue weighted by molar-refractivity contribution is -0.384. The van der Waals surface area contributed by atoms with Crippen LogP contribution in [0.1, 0.15) is 66.8 Å². The van der Waals surface area contributed by atoms with Crippen LogP contribution >= 0.6 is 22.6 Å². The van der Waals surface area contributed by atoms with E-state index < -0.39 is 16.4 Å². The predicted octanol–water partition coefficient (Wildman–Crippen LogP) is 5.60. The van der Waals surface area contributed by atoms with E-state index in [1.54, 1.807) is 19.2 Å². The van der Waals surface area contributed by atoms with E-state index in [9.17, 15) is 24.8 Å². The summed E-state index contributed by atoms with van der Waals surface area (Å²) in [6, 6.07) is 18.7. The number of carbonyl (C=O) groups is 2. The molecule has 1 saturated carbocycles. The van der Waals surface area contributed by atoms with Gasteiger partial charge in [0.05, 0.1) is 24.7 Å². The monoisotopic (exact) mass is 697 g/mol. The number of aliphatic hydroxyl groups excluding tert-OH is 1. The predicted molar refractivity (Wildman–Crippen MR) is 171 cm³/mol. The van der Waals surface area contributed by atoms with Gasteiger partial charge in [-0.25, -0.2) is 0 Å². The van der Waals surface area contributed by atoms with E-state index >= 15 is 0 Å². The molecule has 43 heavy (non-hydrogen) atoms. The van der Waals surface area contributed by atoms with Crippen molar-refractivity contribution >= 4 is 40.1 Å². The molecular weight excluding hydrogens is 661 g/mol. The molecule has 2 amide bonds. The SMILES string of the molecule is COc1ccc(CCNC(=O)[C@@]2(c3ccc([N+](=O)[O-])cc3)CC(=O)N(C3CCCCC3)[C@@H]2c2ccc(CO)cc2I)cc1. The Morgan fingerprint density at radius 3 is 2.35 bits per heavy atom. The van der Waals surface area contributed by atoms with Crippen molar-refractivity contribution in [2.75, 3.05) is 13.7 Å². The van der Waals surface area contributed by atoms with Gasteiger partial charge in [0.1, 0.15) is 11.2 Å². The zero-order valence-corrected chi connectivity index (χ0v) is 26.3. The smallest absolute Gasteiger partial charge is 0.269 e. The van der Waals surface area contributed by atoms with Gasteiger partial charge in [-0.15, -0.1) is 0 Å². The molecule has 2 N–H and O–H groups in total. The van der Waals surface area contributed by atoms with E-state index in [4.69, 9.17) is 4.74 Å². The fraction of sp³-hybridized carbons (Fsp3) is 0.394. The Bertz CT molecular complexity index is 1470. The second kappa shape index (κ2) is 13.4. The van der Waals surface area contributed by atoms with Gasteiger partial charge in [0.25, 0.3) is 5.69 Å². The van der Waals surface area contributed by atoms with Gasteiger partial charge in [-0.05, 0) is 82.3 Å². The van der Waals surface area contributed by atoms with Crippen molar-refractivity contribution in [1.82, 2.24) is 10.2 Å². The highest BCUT2D eigenvalue weighted by Crippen LogP contribution is 2.53. The Morgan fingerprint density at radius 1 is 1.07 bits per heavy atom. The van der Waals surface area contributed by atoms with Crippen molar-refractivity contribution in [2.24, 2.45) is 0 Å². The first-order valence-corrected chi connectivity index (χ1v) is 15.7. The first-order chi connectivity index (χ1) is 20.8. The third-order valence-electron chi connectivity index (χ3n) is 8.83. The normalized spacial score (nSPS) is 20.7. The molecule has 0 bridgehead atoms. The minimum Gasteiger partial charge on any atom is -0.497 e. The molecule has 0 spiro atoms. The maximum Gasteiger partial charge on any atom is 0.269 e. The molecule has 1 saturated heterocycles. The van der Waals surface area contributed by atoms with Crippen molar-refractivity contribution in [3.05, 3.63) is 103 Å². The first-order valence-electron chi connectivity index (χ1n) is 14.6. The number of benzene rings is 3. The van der Waals surface area contributed by atoms with Crippen LogP contribution in [0.5, 0.6) is 5.75 Å². The van der Waals surface area contributed by atoms with Crippen LogP contribution in [-0.4, -0.2) is 46.4 Å². The molecule has 1 heterocycles. The molecule has 0 aromatic heterocycles. The number of hydrogen-bond acceptors (Lipinski definition) is 6. The number of likely N-dealkylation sites (tertiary alicyclic amines) is 1. The number of nitrogens with zero attached hydrogens (tertiary/aromatic N) is 2. The minimum absolute atomic E-state index is 0.00779. The van der Waals surface area contributed by atoms with Gasteiger partial charge in [-0.2, -0.15) is 0 Å². The van der Waals surface area contributed by atoms with E-state index in [2.05, 4.69) is 27.9 Å². The summed E-state index contributed by atoms with van der Waals surface area (Å²) < 4.78 is 6.10. The number of nitro benzene ring substituents is 1. The number of amides is 2. The average Bonchev–Trinajstić information content (AvgIpc) is 3.35. The zero-order valence-electron chi connectivity index (χ0n) is 24.1. The lowest BCUT2D eigenvalue weighted by Crippen LogP contribution is -2.50. The highest BCUT2D eigenvalue weighted by Gasteiger charge is 2.59. The third-order valence-corrected chi connectivity index (χ3v) is 9.76. The molecule has 2 fully saturated rings. The number of carbonyl (C=O) groups excluding carboxylic acids is 2. The highest BCUT2D eigenvalue weighted by molar-refractivity contribution is 14.1. The largest absolute Gasteiger partial charge is 0.497 e. The van der Waals surface area contributed by atoms with Crippen LogP contribution in [0.25, 0.3) is 0 Å². The number of non-ortho nitro benzene ring substituents is 1. The van der Waals surface area contributed by atoms with Crippen molar-refractivity contribution in [3.8, 4) is 5.75 Å². The summed E-state index contributed by atoms with van der Waals surface area (Å²) in [5.41, 5.74) is 1.78. The maximum absolute atomic E-state index is 14.6. The molecule has 9 nitrogen and oxygen atoms in total. The van der Waals surface area contributed by atoms with Gasteiger partial charge < -0.3 is 20.1 Å². The number of hydrogen-bond donors (Lipinski definition) is 2. The maximum atomic E-state index is 14.6. The summed E-state index contributed by atoms with van der Waals surface area (Å²) in [6.45, 7) is 0.232. The van der Waals surface area contributed by atoms with Crippen LogP contribution in [-0.2, 0) is 28.0 Å². The topological polar surface area (TPSA) is 122 Å². The van der Waals surface area contributed by atoms with E-state index in [-0.39, 0.29) is 36.6 Å². The summed E-state index contributed by atoms with van der Waals surface area (Å²) in [4.78, 5) is 41.6. The molecule has 2 aliphatic rings. The number of aliphatic hydroxyl groups is 1. The van der Waals surface area contributed by atoms with Gasteiger partial charge in [-0.1, -0.05) is 55.7 Å². The number of ether oxygens (including phenoxy) is 1. The van der Waals surface area contributed by atoms with Crippen molar-refractivity contribution in [1.29, 1.82) is 0 Å². The number of nitro groups is 1. The Morgan fingerprint density at radius 2 is 1.74 bits per heavy atom. The number of nitrogens with one attached hydrogen (secondary N) is 1. The number of halogens is 1. The summed E-state index contributed by atoms with van der Waals surface area (Å²) in [6.07, 6.45) is 5.41. The van der Waals surface area contributed by atoms with Gasteiger partial charge in [0.15, 0.2) is 0 Å². The molecule has 3 aromatic carbocycles. The van der Waals surface area contributed by atoms with Gasteiger partial charge in [0, 0.05) is 34.7 Å². The quantitative estimate of drug-likeness (QED) is 0.162. The molecule has 2 atom stereocenters. The van der Waals surface area contributed by atoms with Crippen LogP contribution in [0.3, 0.4) is 0 Å². The van der Waals surface area contributed by atoms with Gasteiger partial charge >= 0.3 is 0 Å². The Kier molecular flexibility index (Phi) is 9.65. The van der Waals surface area contributed by atoms with E-state index in [1.165, 1.54) is 12.1 Å². The van der Waals surface area contributed by atoms with Gasteiger partial charge in [-0.3, -0.25) is 19.7 Å². The zero-order chi connectivity index (χ0) is 30.6. The number of rotatable bonds is 10. The first kappa shape index (κ1) is 30.9. The van der Waals surface area contributed by atoms with Crippen molar-refractivity contribution in [3.63, 3.8) is 0 Å². The minimum atomic E-state index is -1.32. The average molecular weight is 698 g/mol. The third kappa shape index (κ3) is 6.26. The lowest BCUT2D eigenvalue weighted by atomic mass is 9.70. The van der Waals surface area contributed by atoms with E-state index in [0.717, 1.165) is 58.1 Å². The van der Waals surface area contributed by atoms with Crippen LogP contribution in [0.4, 0.5) is 5.69 Å². The lowest BCUT2D eigenvalue weighted by Gasteiger charge is -2.42. The molecule has 1 aliphatic carbocycles. The second-order valence-corrected chi connectivity index (χ2v) is 12.5. The molecule has 5 rings (SSSR count). The Labute approximate surface area is 264 Å². The standard InChI is InChI=1S/C33H36IN3O6/c1-43-27-14-7-22(8-15-27)17-18-35-32(40)33(24-10-12-26(13-11-24)37(41)42)20-30(39)36(25-5-3-2-4-6-25)31(33)28-16-9-23(21-38)19-29(28)34/h7-16,19,25,31,38H,2-6,17-18,20-21H2,1H3,(H,35,40)/t31-,33-/m1/s1. The fourth-order valence-electron chi connectivity index (χ4n) is 6.63. The van der Waals surface area contributed by atoms with Crippen LogP contribution in [0, 0.1) is 13.7 Å². The van der Waals surface area contributed by atoms with Crippen LogP contribution < -0.4 is 10.1 Å². The molecule has 10 heteroatoms. The second-order valence-electron chi connectivity index (χ2n) is 11.3. The molecule has 226 valence electrons. The number of methoxy groups -OCH3 is 1. The van der Waals surface area contributed by atoms with Gasteiger partial charge in [0.2, 0.25) is 11.8 Å².